The number of rotatable bonds is 10. The number of nitrogens with one attached hydrogen (secondary N) is 2. The number of hydrogen-bond acceptors (Lipinski definition) is 6. The first-order valence-electron chi connectivity index (χ1n) is 11.6. The molecule has 0 radical (unpaired) electrons. The SMILES string of the molecule is CC(C)CN(Cc1ccccc1C=NNc1nc(-c2ccccc2)c(C#N)c(=O)[nH]1)CC(C)C. The Kier molecular flexibility index (Phi) is 8.72. The maximum absolute atomic E-state index is 12.4. The highest BCUT2D eigenvalue weighted by atomic mass is 16.1. The molecular weight excluding hydrogens is 424 g/mol. The fraction of sp³-hybridized carbons (Fsp3) is 0.333. The Balaban J connectivity index is 1.82. The molecule has 0 unspecified atom stereocenters. The van der Waals surface area contributed by atoms with Gasteiger partial charge in [-0.05, 0) is 23.0 Å². The van der Waals surface area contributed by atoms with Gasteiger partial charge < -0.3 is 0 Å². The number of benzene rings is 2. The smallest absolute Gasteiger partial charge is 0.270 e. The second-order valence-electron chi connectivity index (χ2n) is 9.17. The third-order valence-electron chi connectivity index (χ3n) is 5.15. The first-order valence-corrected chi connectivity index (χ1v) is 11.6. The predicted molar refractivity (Wildman–Crippen MR) is 138 cm³/mol. The van der Waals surface area contributed by atoms with Crippen LogP contribution in [0.25, 0.3) is 11.3 Å². The molecule has 1 aromatic heterocycles. The molecule has 0 aliphatic rings. The standard InChI is InChI=1S/C27H32N6O/c1-19(2)16-33(17-20(3)4)18-23-13-9-8-12-22(23)15-29-32-27-30-25(21-10-6-5-7-11-21)24(14-28)26(34)31-27/h5-13,15,19-20H,16-18H2,1-4H3,(H2,30,31,32,34). The lowest BCUT2D eigenvalue weighted by molar-refractivity contribution is 0.211. The van der Waals surface area contributed by atoms with Crippen molar-refractivity contribution in [1.82, 2.24) is 14.9 Å². The number of aromatic nitrogens is 2. The molecule has 0 bridgehead atoms. The Labute approximate surface area is 201 Å². The number of anilines is 1. The van der Waals surface area contributed by atoms with Gasteiger partial charge in [0.25, 0.3) is 5.56 Å². The highest BCUT2D eigenvalue weighted by Crippen LogP contribution is 2.19. The first kappa shape index (κ1) is 24.9. The third-order valence-corrected chi connectivity index (χ3v) is 5.15. The molecule has 34 heavy (non-hydrogen) atoms. The Morgan fingerprint density at radius 2 is 1.71 bits per heavy atom. The van der Waals surface area contributed by atoms with Gasteiger partial charge in [0.05, 0.1) is 11.9 Å². The van der Waals surface area contributed by atoms with Gasteiger partial charge in [-0.3, -0.25) is 14.7 Å². The van der Waals surface area contributed by atoms with Crippen molar-refractivity contribution in [3.8, 4) is 17.3 Å². The minimum absolute atomic E-state index is 0.0264. The molecule has 176 valence electrons. The van der Waals surface area contributed by atoms with Crippen molar-refractivity contribution in [2.24, 2.45) is 16.9 Å². The van der Waals surface area contributed by atoms with Gasteiger partial charge in [0, 0.05) is 25.2 Å². The molecule has 7 nitrogen and oxygen atoms in total. The minimum atomic E-state index is -0.507. The molecule has 3 aromatic rings. The summed E-state index contributed by atoms with van der Waals surface area (Å²) in [5.74, 6) is 1.34. The van der Waals surface area contributed by atoms with Gasteiger partial charge in [-0.1, -0.05) is 82.3 Å². The summed E-state index contributed by atoms with van der Waals surface area (Å²) in [6, 6.07) is 19.3. The highest BCUT2D eigenvalue weighted by Gasteiger charge is 2.14. The molecule has 1 heterocycles. The minimum Gasteiger partial charge on any atom is -0.299 e. The fourth-order valence-corrected chi connectivity index (χ4v) is 3.88. The molecule has 2 aromatic carbocycles. The number of hydrazone groups is 1. The second-order valence-corrected chi connectivity index (χ2v) is 9.17. The van der Waals surface area contributed by atoms with Gasteiger partial charge in [-0.25, -0.2) is 10.4 Å². The Morgan fingerprint density at radius 1 is 1.06 bits per heavy atom. The average molecular weight is 457 g/mol. The van der Waals surface area contributed by atoms with Crippen LogP contribution in [0.4, 0.5) is 5.95 Å². The van der Waals surface area contributed by atoms with Crippen LogP contribution in [0.3, 0.4) is 0 Å². The van der Waals surface area contributed by atoms with Crippen LogP contribution in [-0.2, 0) is 6.54 Å². The Morgan fingerprint density at radius 3 is 2.35 bits per heavy atom. The quantitative estimate of drug-likeness (QED) is 0.335. The molecule has 0 saturated heterocycles. The number of hydrogen-bond donors (Lipinski definition) is 2. The maximum Gasteiger partial charge on any atom is 0.270 e. The van der Waals surface area contributed by atoms with E-state index in [2.05, 4.69) is 59.2 Å². The Hall–Kier alpha value is -3.76. The van der Waals surface area contributed by atoms with E-state index in [4.69, 9.17) is 0 Å². The van der Waals surface area contributed by atoms with Crippen molar-refractivity contribution in [1.29, 1.82) is 5.26 Å². The van der Waals surface area contributed by atoms with E-state index in [9.17, 15) is 10.1 Å². The zero-order chi connectivity index (χ0) is 24.5. The van der Waals surface area contributed by atoms with Gasteiger partial charge in [0.2, 0.25) is 5.95 Å². The molecule has 0 fully saturated rings. The van der Waals surface area contributed by atoms with E-state index in [-0.39, 0.29) is 11.5 Å². The summed E-state index contributed by atoms with van der Waals surface area (Å²) in [5, 5.41) is 13.7. The molecule has 0 spiro atoms. The van der Waals surface area contributed by atoms with Crippen molar-refractivity contribution in [2.45, 2.75) is 34.2 Å². The summed E-state index contributed by atoms with van der Waals surface area (Å²) < 4.78 is 0. The zero-order valence-electron chi connectivity index (χ0n) is 20.2. The van der Waals surface area contributed by atoms with Crippen molar-refractivity contribution in [3.05, 3.63) is 81.6 Å². The molecule has 2 N–H and O–H groups in total. The summed E-state index contributed by atoms with van der Waals surface area (Å²) in [6.45, 7) is 11.8. The Bertz CT molecular complexity index is 1200. The highest BCUT2D eigenvalue weighted by molar-refractivity contribution is 5.82. The van der Waals surface area contributed by atoms with Crippen LogP contribution in [-0.4, -0.2) is 34.2 Å². The van der Waals surface area contributed by atoms with Crippen LogP contribution in [0.15, 0.2) is 64.5 Å². The van der Waals surface area contributed by atoms with Crippen molar-refractivity contribution in [3.63, 3.8) is 0 Å². The van der Waals surface area contributed by atoms with Crippen LogP contribution in [0.5, 0.6) is 0 Å². The zero-order valence-corrected chi connectivity index (χ0v) is 20.2. The normalized spacial score (nSPS) is 11.5. The van der Waals surface area contributed by atoms with E-state index in [1.165, 1.54) is 5.56 Å². The summed E-state index contributed by atoms with van der Waals surface area (Å²) in [7, 11) is 0. The monoisotopic (exact) mass is 456 g/mol. The van der Waals surface area contributed by atoms with E-state index in [0.29, 0.717) is 23.1 Å². The van der Waals surface area contributed by atoms with E-state index in [1.807, 2.05) is 54.6 Å². The van der Waals surface area contributed by atoms with E-state index >= 15 is 0 Å². The summed E-state index contributed by atoms with van der Waals surface area (Å²) in [6.07, 6.45) is 1.73. The van der Waals surface area contributed by atoms with Crippen molar-refractivity contribution in [2.75, 3.05) is 18.5 Å². The summed E-state index contributed by atoms with van der Waals surface area (Å²) >= 11 is 0. The third kappa shape index (κ3) is 6.87. The molecular formula is C27H32N6O. The molecule has 0 aliphatic carbocycles. The maximum atomic E-state index is 12.4. The molecule has 0 aliphatic heterocycles. The molecule has 3 rings (SSSR count). The van der Waals surface area contributed by atoms with Crippen LogP contribution >= 0.6 is 0 Å². The summed E-state index contributed by atoms with van der Waals surface area (Å²) in [5.41, 5.74) is 5.48. The predicted octanol–water partition coefficient (Wildman–Crippen LogP) is 4.87. The van der Waals surface area contributed by atoms with Gasteiger partial charge >= 0.3 is 0 Å². The lowest BCUT2D eigenvalue weighted by Gasteiger charge is -2.26. The molecule has 0 saturated carbocycles. The topological polar surface area (TPSA) is 97.2 Å². The van der Waals surface area contributed by atoms with Crippen molar-refractivity contribution >= 4 is 12.2 Å². The van der Waals surface area contributed by atoms with Gasteiger partial charge in [0.1, 0.15) is 11.6 Å². The van der Waals surface area contributed by atoms with Crippen LogP contribution in [0.1, 0.15) is 44.4 Å². The molecule has 0 atom stereocenters. The summed E-state index contributed by atoms with van der Waals surface area (Å²) in [4.78, 5) is 21.9. The largest absolute Gasteiger partial charge is 0.299 e. The van der Waals surface area contributed by atoms with E-state index < -0.39 is 5.56 Å². The number of aromatic amines is 1. The van der Waals surface area contributed by atoms with Gasteiger partial charge in [-0.2, -0.15) is 10.4 Å². The fourth-order valence-electron chi connectivity index (χ4n) is 3.88. The van der Waals surface area contributed by atoms with E-state index in [1.54, 1.807) is 6.21 Å². The van der Waals surface area contributed by atoms with Gasteiger partial charge in [0.15, 0.2) is 0 Å². The van der Waals surface area contributed by atoms with Crippen molar-refractivity contribution < 1.29 is 0 Å². The van der Waals surface area contributed by atoms with Crippen LogP contribution in [0.2, 0.25) is 0 Å². The number of nitrogens with zero attached hydrogens (tertiary/aromatic N) is 4. The lowest BCUT2D eigenvalue weighted by atomic mass is 10.1. The number of H-pyrrole nitrogens is 1. The van der Waals surface area contributed by atoms with Crippen LogP contribution in [0, 0.1) is 23.2 Å². The number of nitriles is 1. The molecule has 0 amide bonds. The lowest BCUT2D eigenvalue weighted by Crippen LogP contribution is -2.31. The second kappa shape index (κ2) is 11.9. The molecule has 7 heteroatoms. The van der Waals surface area contributed by atoms with Crippen LogP contribution < -0.4 is 11.0 Å². The van der Waals surface area contributed by atoms with Gasteiger partial charge in [-0.15, -0.1) is 0 Å². The first-order chi connectivity index (χ1) is 16.4. The average Bonchev–Trinajstić information content (AvgIpc) is 2.79. The van der Waals surface area contributed by atoms with E-state index in [0.717, 1.165) is 25.2 Å².